The third-order valence-electron chi connectivity index (χ3n) is 3.76. The van der Waals surface area contributed by atoms with Crippen molar-refractivity contribution in [2.75, 3.05) is 13.7 Å². The molecule has 1 aromatic carbocycles. The van der Waals surface area contributed by atoms with Gasteiger partial charge in [-0.05, 0) is 36.8 Å². The second-order valence-electron chi connectivity index (χ2n) is 5.02. The molecular formula is C15H25NO. The van der Waals surface area contributed by atoms with Crippen LogP contribution in [0.15, 0.2) is 24.3 Å². The Hall–Kier alpha value is -0.860. The lowest BCUT2D eigenvalue weighted by Gasteiger charge is -2.32. The summed E-state index contributed by atoms with van der Waals surface area (Å²) < 4.78 is 5.12. The van der Waals surface area contributed by atoms with Crippen LogP contribution >= 0.6 is 0 Å². The van der Waals surface area contributed by atoms with Crippen molar-refractivity contribution >= 4 is 0 Å². The van der Waals surface area contributed by atoms with Gasteiger partial charge in [0.2, 0.25) is 0 Å². The Bertz CT molecular complexity index is 329. The molecule has 0 aliphatic heterocycles. The van der Waals surface area contributed by atoms with Gasteiger partial charge in [-0.15, -0.1) is 0 Å². The van der Waals surface area contributed by atoms with Gasteiger partial charge in [0.05, 0.1) is 0 Å². The van der Waals surface area contributed by atoms with E-state index in [0.29, 0.717) is 5.92 Å². The van der Waals surface area contributed by atoms with Crippen molar-refractivity contribution < 1.29 is 4.74 Å². The summed E-state index contributed by atoms with van der Waals surface area (Å²) in [5.41, 5.74) is 8.73. The number of benzene rings is 1. The molecule has 2 N–H and O–H groups in total. The van der Waals surface area contributed by atoms with Crippen LogP contribution in [0.1, 0.15) is 38.3 Å². The fourth-order valence-corrected chi connectivity index (χ4v) is 1.98. The minimum atomic E-state index is -0.287. The number of methoxy groups -OCH3 is 1. The summed E-state index contributed by atoms with van der Waals surface area (Å²) in [6.45, 7) is 7.22. The first-order valence-electron chi connectivity index (χ1n) is 6.39. The van der Waals surface area contributed by atoms with E-state index in [9.17, 15) is 0 Å². The van der Waals surface area contributed by atoms with Gasteiger partial charge in [0.15, 0.2) is 0 Å². The average molecular weight is 235 g/mol. The topological polar surface area (TPSA) is 35.2 Å². The summed E-state index contributed by atoms with van der Waals surface area (Å²) in [4.78, 5) is 0. The molecule has 0 fully saturated rings. The van der Waals surface area contributed by atoms with Crippen molar-refractivity contribution in [2.45, 2.75) is 39.2 Å². The molecule has 1 rings (SSSR count). The van der Waals surface area contributed by atoms with E-state index in [0.717, 1.165) is 19.4 Å². The maximum atomic E-state index is 6.46. The molecule has 0 heterocycles. The van der Waals surface area contributed by atoms with Crippen LogP contribution in [0.4, 0.5) is 0 Å². The minimum Gasteiger partial charge on any atom is -0.385 e. The van der Waals surface area contributed by atoms with Crippen LogP contribution in [0.25, 0.3) is 0 Å². The molecule has 0 bridgehead atoms. The van der Waals surface area contributed by atoms with Gasteiger partial charge in [-0.1, -0.05) is 38.1 Å². The van der Waals surface area contributed by atoms with E-state index in [1.807, 2.05) is 0 Å². The minimum absolute atomic E-state index is 0.287. The van der Waals surface area contributed by atoms with Gasteiger partial charge in [-0.25, -0.2) is 0 Å². The van der Waals surface area contributed by atoms with E-state index in [1.165, 1.54) is 11.1 Å². The standard InChI is InChI=1S/C15H25NO/c1-5-13-6-8-14(9-7-13)15(3,16)12(2)10-11-17-4/h6-9,12H,5,10-11,16H2,1-4H3. The molecule has 17 heavy (non-hydrogen) atoms. The molecule has 0 aliphatic rings. The van der Waals surface area contributed by atoms with E-state index in [1.54, 1.807) is 7.11 Å². The molecule has 2 unspecified atom stereocenters. The second kappa shape index (κ2) is 6.18. The summed E-state index contributed by atoms with van der Waals surface area (Å²) in [5.74, 6) is 0.398. The maximum absolute atomic E-state index is 6.46. The van der Waals surface area contributed by atoms with Crippen LogP contribution in [0, 0.1) is 5.92 Å². The van der Waals surface area contributed by atoms with Gasteiger partial charge in [-0.2, -0.15) is 0 Å². The Morgan fingerprint density at radius 2 is 1.88 bits per heavy atom. The highest BCUT2D eigenvalue weighted by Crippen LogP contribution is 2.29. The largest absolute Gasteiger partial charge is 0.385 e. The van der Waals surface area contributed by atoms with Crippen molar-refractivity contribution in [3.8, 4) is 0 Å². The number of ether oxygens (including phenoxy) is 1. The zero-order valence-electron chi connectivity index (χ0n) is 11.5. The summed E-state index contributed by atoms with van der Waals surface area (Å²) in [6, 6.07) is 8.65. The van der Waals surface area contributed by atoms with Crippen molar-refractivity contribution in [3.05, 3.63) is 35.4 Å². The monoisotopic (exact) mass is 235 g/mol. The fourth-order valence-electron chi connectivity index (χ4n) is 1.98. The molecule has 0 saturated heterocycles. The van der Waals surface area contributed by atoms with Crippen LogP contribution in [-0.2, 0) is 16.7 Å². The highest BCUT2D eigenvalue weighted by Gasteiger charge is 2.27. The smallest absolute Gasteiger partial charge is 0.0465 e. The van der Waals surface area contributed by atoms with Crippen molar-refractivity contribution in [2.24, 2.45) is 11.7 Å². The van der Waals surface area contributed by atoms with Gasteiger partial charge in [0.1, 0.15) is 0 Å². The van der Waals surface area contributed by atoms with Crippen molar-refractivity contribution in [1.29, 1.82) is 0 Å². The van der Waals surface area contributed by atoms with Gasteiger partial charge >= 0.3 is 0 Å². The number of hydrogen-bond acceptors (Lipinski definition) is 2. The lowest BCUT2D eigenvalue weighted by Crippen LogP contribution is -2.40. The van der Waals surface area contributed by atoms with Crippen LogP contribution in [0.5, 0.6) is 0 Å². The average Bonchev–Trinajstić information content (AvgIpc) is 2.35. The lowest BCUT2D eigenvalue weighted by atomic mass is 9.79. The van der Waals surface area contributed by atoms with Gasteiger partial charge < -0.3 is 10.5 Å². The molecule has 0 aliphatic carbocycles. The molecular weight excluding hydrogens is 210 g/mol. The Morgan fingerprint density at radius 1 is 1.29 bits per heavy atom. The van der Waals surface area contributed by atoms with E-state index in [2.05, 4.69) is 45.0 Å². The summed E-state index contributed by atoms with van der Waals surface area (Å²) in [5, 5.41) is 0. The molecule has 2 nitrogen and oxygen atoms in total. The second-order valence-corrected chi connectivity index (χ2v) is 5.02. The molecule has 2 atom stereocenters. The molecule has 0 aromatic heterocycles. The molecule has 0 saturated carbocycles. The van der Waals surface area contributed by atoms with Gasteiger partial charge in [0.25, 0.3) is 0 Å². The fraction of sp³-hybridized carbons (Fsp3) is 0.600. The Kier molecular flexibility index (Phi) is 5.16. The maximum Gasteiger partial charge on any atom is 0.0465 e. The summed E-state index contributed by atoms with van der Waals surface area (Å²) >= 11 is 0. The van der Waals surface area contributed by atoms with Crippen LogP contribution in [-0.4, -0.2) is 13.7 Å². The van der Waals surface area contributed by atoms with Crippen LogP contribution < -0.4 is 5.73 Å². The zero-order valence-corrected chi connectivity index (χ0v) is 11.5. The predicted octanol–water partition coefficient (Wildman–Crippen LogP) is 3.10. The number of aryl methyl sites for hydroxylation is 1. The van der Waals surface area contributed by atoms with E-state index < -0.39 is 0 Å². The molecule has 0 spiro atoms. The molecule has 0 radical (unpaired) electrons. The first-order valence-corrected chi connectivity index (χ1v) is 6.39. The number of nitrogens with two attached hydrogens (primary N) is 1. The third kappa shape index (κ3) is 3.55. The normalized spacial score (nSPS) is 16.5. The summed E-state index contributed by atoms with van der Waals surface area (Å²) in [7, 11) is 1.73. The predicted molar refractivity (Wildman–Crippen MR) is 73.0 cm³/mol. The lowest BCUT2D eigenvalue weighted by molar-refractivity contribution is 0.159. The SMILES string of the molecule is CCc1ccc(C(C)(N)C(C)CCOC)cc1. The van der Waals surface area contributed by atoms with E-state index in [-0.39, 0.29) is 5.54 Å². The number of hydrogen-bond donors (Lipinski definition) is 1. The van der Waals surface area contributed by atoms with Crippen molar-refractivity contribution in [1.82, 2.24) is 0 Å². The quantitative estimate of drug-likeness (QED) is 0.822. The van der Waals surface area contributed by atoms with Crippen LogP contribution in [0.3, 0.4) is 0 Å². The molecule has 1 aromatic rings. The molecule has 2 heteroatoms. The highest BCUT2D eigenvalue weighted by atomic mass is 16.5. The highest BCUT2D eigenvalue weighted by molar-refractivity contribution is 5.28. The van der Waals surface area contributed by atoms with Gasteiger partial charge in [-0.3, -0.25) is 0 Å². The molecule has 96 valence electrons. The zero-order chi connectivity index (χ0) is 12.9. The first-order chi connectivity index (χ1) is 8.02. The van der Waals surface area contributed by atoms with Crippen molar-refractivity contribution in [3.63, 3.8) is 0 Å². The van der Waals surface area contributed by atoms with Crippen LogP contribution in [0.2, 0.25) is 0 Å². The first kappa shape index (κ1) is 14.2. The van der Waals surface area contributed by atoms with Gasteiger partial charge in [0, 0.05) is 19.3 Å². The van der Waals surface area contributed by atoms with E-state index in [4.69, 9.17) is 10.5 Å². The molecule has 0 amide bonds. The Balaban J connectivity index is 2.79. The Morgan fingerprint density at radius 3 is 2.35 bits per heavy atom. The third-order valence-corrected chi connectivity index (χ3v) is 3.76. The Labute approximate surface area is 105 Å². The number of rotatable bonds is 6. The summed E-state index contributed by atoms with van der Waals surface area (Å²) in [6.07, 6.45) is 2.06. The van der Waals surface area contributed by atoms with E-state index >= 15 is 0 Å².